The molecule has 0 aliphatic heterocycles. The normalized spacial score (nSPS) is 11.2. The fraction of sp³-hybridized carbons (Fsp3) is 0.545. The summed E-state index contributed by atoms with van der Waals surface area (Å²) in [6.07, 6.45) is 7.70. The molecule has 0 N–H and O–H groups in total. The maximum atomic E-state index is 5.12. The highest BCUT2D eigenvalue weighted by molar-refractivity contribution is 5.79. The molecule has 0 aliphatic rings. The minimum absolute atomic E-state index is 0.580. The predicted octanol–water partition coefficient (Wildman–Crippen LogP) is 8.44. The summed E-state index contributed by atoms with van der Waals surface area (Å²) in [5.74, 6) is 1.42. The second-order valence-corrected chi connectivity index (χ2v) is 10.4. The molecule has 0 radical (unpaired) electrons. The van der Waals surface area contributed by atoms with E-state index in [1.807, 2.05) is 0 Å². The number of benzene rings is 2. The summed E-state index contributed by atoms with van der Waals surface area (Å²) in [5.41, 5.74) is 6.48. The van der Waals surface area contributed by atoms with Gasteiger partial charge in [0.2, 0.25) is 0 Å². The van der Waals surface area contributed by atoms with Gasteiger partial charge in [0, 0.05) is 55.1 Å². The topological polar surface area (TPSA) is 45.2 Å². The largest absolute Gasteiger partial charge is 0.372 e. The zero-order valence-corrected chi connectivity index (χ0v) is 24.7. The van der Waals surface area contributed by atoms with Crippen molar-refractivity contribution in [3.8, 4) is 22.5 Å². The molecule has 206 valence electrons. The Bertz CT molecular complexity index is 1060. The molecule has 0 bridgehead atoms. The first-order chi connectivity index (χ1) is 18.6. The van der Waals surface area contributed by atoms with E-state index < -0.39 is 0 Å². The average molecular weight is 516 g/mol. The third-order valence-corrected chi connectivity index (χ3v) is 7.34. The van der Waals surface area contributed by atoms with E-state index in [-0.39, 0.29) is 0 Å². The number of hydrogen-bond donors (Lipinski definition) is 0. The van der Waals surface area contributed by atoms with Crippen molar-refractivity contribution in [3.63, 3.8) is 0 Å². The maximum absolute atomic E-state index is 5.12. The van der Waals surface area contributed by atoms with Crippen molar-refractivity contribution in [1.82, 2.24) is 15.2 Å². The van der Waals surface area contributed by atoms with Gasteiger partial charge in [-0.2, -0.15) is 0 Å². The summed E-state index contributed by atoms with van der Waals surface area (Å²) in [6.45, 7) is 17.8. The SMILES string of the molecule is CCCN(CCC)c1ccc(-c2nnc(CC(CC)CC)nc2-c2ccc(N(CCC)CCC)cc2)cc1. The van der Waals surface area contributed by atoms with Crippen LogP contribution in [0.4, 0.5) is 11.4 Å². The number of rotatable bonds is 16. The van der Waals surface area contributed by atoms with Crippen LogP contribution in [0.3, 0.4) is 0 Å². The smallest absolute Gasteiger partial charge is 0.151 e. The van der Waals surface area contributed by atoms with Gasteiger partial charge in [-0.3, -0.25) is 0 Å². The minimum Gasteiger partial charge on any atom is -0.372 e. The fourth-order valence-corrected chi connectivity index (χ4v) is 5.16. The van der Waals surface area contributed by atoms with Crippen LogP contribution in [0.1, 0.15) is 85.9 Å². The molecule has 38 heavy (non-hydrogen) atoms. The van der Waals surface area contributed by atoms with Crippen LogP contribution in [0.25, 0.3) is 22.5 Å². The lowest BCUT2D eigenvalue weighted by Gasteiger charge is -2.24. The molecule has 1 aromatic heterocycles. The molecular formula is C33H49N5. The van der Waals surface area contributed by atoms with Gasteiger partial charge >= 0.3 is 0 Å². The Morgan fingerprint density at radius 2 is 0.974 bits per heavy atom. The summed E-state index contributed by atoms with van der Waals surface area (Å²) in [7, 11) is 0. The highest BCUT2D eigenvalue weighted by Gasteiger charge is 2.17. The molecule has 5 heteroatoms. The van der Waals surface area contributed by atoms with Gasteiger partial charge in [0.15, 0.2) is 5.82 Å². The second kappa shape index (κ2) is 15.5. The van der Waals surface area contributed by atoms with Gasteiger partial charge in [-0.05, 0) is 55.9 Å². The molecule has 0 spiro atoms. The Morgan fingerprint density at radius 3 is 1.37 bits per heavy atom. The van der Waals surface area contributed by atoms with Crippen LogP contribution in [0.2, 0.25) is 0 Å². The molecule has 0 saturated heterocycles. The van der Waals surface area contributed by atoms with E-state index in [1.54, 1.807) is 0 Å². The number of nitrogens with zero attached hydrogens (tertiary/aromatic N) is 5. The van der Waals surface area contributed by atoms with Gasteiger partial charge in [0.1, 0.15) is 11.4 Å². The van der Waals surface area contributed by atoms with Crippen LogP contribution < -0.4 is 9.80 Å². The predicted molar refractivity (Wildman–Crippen MR) is 164 cm³/mol. The third kappa shape index (κ3) is 7.78. The molecular weight excluding hydrogens is 466 g/mol. The first kappa shape index (κ1) is 29.6. The molecule has 3 rings (SSSR count). The van der Waals surface area contributed by atoms with E-state index >= 15 is 0 Å². The van der Waals surface area contributed by atoms with Gasteiger partial charge in [-0.25, -0.2) is 4.98 Å². The van der Waals surface area contributed by atoms with Crippen molar-refractivity contribution >= 4 is 11.4 Å². The monoisotopic (exact) mass is 515 g/mol. The van der Waals surface area contributed by atoms with Crippen molar-refractivity contribution in [2.75, 3.05) is 36.0 Å². The standard InChI is InChI=1S/C33H49N5/c1-7-21-37(22-8-2)29-17-13-27(14-18-29)32-33(36-35-31(34-32)25-26(11-5)12-6)28-15-19-30(20-16-28)38(23-9-3)24-10-4/h13-20,26H,7-12,21-25H2,1-6H3. The van der Waals surface area contributed by atoms with Gasteiger partial charge in [-0.15, -0.1) is 10.2 Å². The summed E-state index contributed by atoms with van der Waals surface area (Å²) in [4.78, 5) is 10.1. The highest BCUT2D eigenvalue weighted by Crippen LogP contribution is 2.32. The van der Waals surface area contributed by atoms with E-state index in [4.69, 9.17) is 10.1 Å². The zero-order valence-electron chi connectivity index (χ0n) is 24.7. The van der Waals surface area contributed by atoms with Gasteiger partial charge in [0.25, 0.3) is 0 Å². The first-order valence-electron chi connectivity index (χ1n) is 15.0. The number of aromatic nitrogens is 3. The average Bonchev–Trinajstić information content (AvgIpc) is 2.96. The molecule has 0 atom stereocenters. The van der Waals surface area contributed by atoms with Crippen LogP contribution in [-0.2, 0) is 6.42 Å². The molecule has 0 amide bonds. The van der Waals surface area contributed by atoms with E-state index in [1.165, 1.54) is 11.4 Å². The lowest BCUT2D eigenvalue weighted by molar-refractivity contribution is 0.476. The molecule has 1 heterocycles. The summed E-state index contributed by atoms with van der Waals surface area (Å²) in [6, 6.07) is 17.7. The lowest BCUT2D eigenvalue weighted by Crippen LogP contribution is -2.24. The third-order valence-electron chi connectivity index (χ3n) is 7.34. The quantitative estimate of drug-likeness (QED) is 0.191. The molecule has 0 aliphatic carbocycles. The minimum atomic E-state index is 0.580. The fourth-order valence-electron chi connectivity index (χ4n) is 5.16. The zero-order chi connectivity index (χ0) is 27.3. The van der Waals surface area contributed by atoms with E-state index in [9.17, 15) is 0 Å². The molecule has 0 fully saturated rings. The maximum Gasteiger partial charge on any atom is 0.151 e. The molecule has 3 aromatic rings. The Balaban J connectivity index is 2.01. The van der Waals surface area contributed by atoms with Gasteiger partial charge in [-0.1, -0.05) is 78.6 Å². The Hall–Kier alpha value is -2.95. The van der Waals surface area contributed by atoms with Crippen LogP contribution in [0.5, 0.6) is 0 Å². The van der Waals surface area contributed by atoms with Gasteiger partial charge < -0.3 is 9.80 Å². The Morgan fingerprint density at radius 1 is 0.553 bits per heavy atom. The summed E-state index contributed by atoms with van der Waals surface area (Å²) >= 11 is 0. The summed E-state index contributed by atoms with van der Waals surface area (Å²) < 4.78 is 0. The van der Waals surface area contributed by atoms with Crippen molar-refractivity contribution < 1.29 is 0 Å². The van der Waals surface area contributed by atoms with Crippen LogP contribution in [0.15, 0.2) is 48.5 Å². The number of anilines is 2. The molecule has 5 nitrogen and oxygen atoms in total. The van der Waals surface area contributed by atoms with E-state index in [0.29, 0.717) is 5.92 Å². The van der Waals surface area contributed by atoms with Gasteiger partial charge in [0.05, 0.1) is 0 Å². The number of hydrogen-bond acceptors (Lipinski definition) is 5. The van der Waals surface area contributed by atoms with Crippen LogP contribution >= 0.6 is 0 Å². The molecule has 0 unspecified atom stereocenters. The first-order valence-corrected chi connectivity index (χ1v) is 15.0. The van der Waals surface area contributed by atoms with Crippen molar-refractivity contribution in [3.05, 3.63) is 54.4 Å². The van der Waals surface area contributed by atoms with Crippen LogP contribution in [-0.4, -0.2) is 41.4 Å². The van der Waals surface area contributed by atoms with E-state index in [0.717, 1.165) is 99.5 Å². The van der Waals surface area contributed by atoms with Crippen LogP contribution in [0, 0.1) is 5.92 Å². The molecule has 2 aromatic carbocycles. The lowest BCUT2D eigenvalue weighted by atomic mass is 9.98. The van der Waals surface area contributed by atoms with Crippen molar-refractivity contribution in [2.45, 2.75) is 86.5 Å². The Kier molecular flexibility index (Phi) is 12.0. The van der Waals surface area contributed by atoms with Crippen molar-refractivity contribution in [2.24, 2.45) is 5.92 Å². The van der Waals surface area contributed by atoms with E-state index in [2.05, 4.69) is 105 Å². The summed E-state index contributed by atoms with van der Waals surface area (Å²) in [5, 5.41) is 9.38. The second-order valence-electron chi connectivity index (χ2n) is 10.4. The highest BCUT2D eigenvalue weighted by atomic mass is 15.2. The van der Waals surface area contributed by atoms with Crippen molar-refractivity contribution in [1.29, 1.82) is 0 Å². The Labute approximate surface area is 231 Å². The molecule has 0 saturated carbocycles.